The van der Waals surface area contributed by atoms with Gasteiger partial charge in [0.1, 0.15) is 16.9 Å². The summed E-state index contributed by atoms with van der Waals surface area (Å²) in [4.78, 5) is 8.82. The van der Waals surface area contributed by atoms with E-state index in [1.54, 1.807) is 6.20 Å². The Kier molecular flexibility index (Phi) is 8.75. The van der Waals surface area contributed by atoms with Crippen LogP contribution in [0.15, 0.2) is 130 Å². The van der Waals surface area contributed by atoms with Crippen LogP contribution < -0.4 is 0 Å². The van der Waals surface area contributed by atoms with Gasteiger partial charge in [-0.1, -0.05) is 78.9 Å². The predicted octanol–water partition coefficient (Wildman–Crippen LogP) is 10.8. The van der Waals surface area contributed by atoms with Gasteiger partial charge in [-0.15, -0.1) is 54.1 Å². The summed E-state index contributed by atoms with van der Waals surface area (Å²) < 4.78 is 12.6. The molecule has 4 heterocycles. The Morgan fingerprint density at radius 1 is 0.644 bits per heavy atom. The SMILES string of the molecule is Cc1c(-c2ccccc2)oc2cc3oc4c(-c5cc(C(C)C)ccn5)[c-]ccc4c3cc12.[Ir].[c-]1ccccc1-c1ccccn1. The summed E-state index contributed by atoms with van der Waals surface area (Å²) in [5.41, 5.74) is 9.69. The number of pyridine rings is 2. The standard InChI is InChI=1S/C29H22NO2.C11H8N.Ir/c1-17(2)20-12-13-30-25(14-20)22-11-7-10-21-24-15-23-18(3)28(19-8-5-4-6-9-19)31-26(23)16-27(24)32-29(21)22;1-2-6-10(7-3-1)11-8-4-5-9-12-11;/h4-10,12-17H,1-3H3;1-6,8-9H;/q2*-1;. The molecule has 0 saturated carbocycles. The average Bonchev–Trinajstić information content (AvgIpc) is 3.61. The molecular weight excluding hydrogens is 733 g/mol. The molecule has 4 aromatic heterocycles. The molecule has 4 nitrogen and oxygen atoms in total. The van der Waals surface area contributed by atoms with Crippen LogP contribution in [-0.2, 0) is 20.1 Å². The van der Waals surface area contributed by atoms with Gasteiger partial charge in [0.25, 0.3) is 0 Å². The molecule has 1 radical (unpaired) electrons. The van der Waals surface area contributed by atoms with Gasteiger partial charge >= 0.3 is 0 Å². The van der Waals surface area contributed by atoms with E-state index in [1.807, 2.05) is 79.0 Å². The van der Waals surface area contributed by atoms with Crippen LogP contribution in [0.2, 0.25) is 0 Å². The number of hydrogen-bond donors (Lipinski definition) is 0. The van der Waals surface area contributed by atoms with E-state index >= 15 is 0 Å². The molecule has 0 aliphatic heterocycles. The Hall–Kier alpha value is -4.83. The molecule has 0 unspecified atom stereocenters. The van der Waals surface area contributed by atoms with Crippen LogP contribution in [0.4, 0.5) is 0 Å². The largest absolute Gasteiger partial charge is 0.500 e. The van der Waals surface area contributed by atoms with Crippen LogP contribution in [0.25, 0.3) is 66.7 Å². The molecule has 0 fully saturated rings. The normalized spacial score (nSPS) is 11.0. The number of fused-ring (bicyclic) bond motifs is 4. The van der Waals surface area contributed by atoms with E-state index < -0.39 is 0 Å². The summed E-state index contributed by atoms with van der Waals surface area (Å²) in [6.07, 6.45) is 3.65. The Morgan fingerprint density at radius 3 is 2.18 bits per heavy atom. The topological polar surface area (TPSA) is 52.1 Å². The molecule has 0 bridgehead atoms. The zero-order chi connectivity index (χ0) is 30.0. The van der Waals surface area contributed by atoms with Crippen molar-refractivity contribution in [3.8, 4) is 33.8 Å². The third-order valence-electron chi connectivity index (χ3n) is 7.88. The molecule has 0 N–H and O–H groups in total. The second-order valence-electron chi connectivity index (χ2n) is 11.1. The second-order valence-corrected chi connectivity index (χ2v) is 11.1. The number of nitrogens with zero attached hydrogens (tertiary/aromatic N) is 2. The van der Waals surface area contributed by atoms with E-state index in [-0.39, 0.29) is 20.1 Å². The van der Waals surface area contributed by atoms with Gasteiger partial charge in [0.05, 0.1) is 5.58 Å². The van der Waals surface area contributed by atoms with Crippen molar-refractivity contribution in [1.29, 1.82) is 0 Å². The molecule has 0 aliphatic carbocycles. The van der Waals surface area contributed by atoms with Gasteiger partial charge < -0.3 is 18.8 Å². The summed E-state index contributed by atoms with van der Waals surface area (Å²) in [5, 5.41) is 3.24. The fourth-order valence-corrected chi connectivity index (χ4v) is 5.53. The van der Waals surface area contributed by atoms with E-state index in [9.17, 15) is 0 Å². The van der Waals surface area contributed by atoms with Gasteiger partial charge in [-0.3, -0.25) is 0 Å². The van der Waals surface area contributed by atoms with Crippen molar-refractivity contribution in [2.75, 3.05) is 0 Å². The molecule has 223 valence electrons. The van der Waals surface area contributed by atoms with Crippen molar-refractivity contribution in [3.05, 3.63) is 145 Å². The fraction of sp³-hybridized carbons (Fsp3) is 0.100. The van der Waals surface area contributed by atoms with Crippen molar-refractivity contribution in [2.45, 2.75) is 26.7 Å². The van der Waals surface area contributed by atoms with Crippen molar-refractivity contribution in [1.82, 2.24) is 9.97 Å². The average molecular weight is 763 g/mol. The van der Waals surface area contributed by atoms with E-state index in [2.05, 4.69) is 79.3 Å². The Balaban J connectivity index is 0.000000231. The molecule has 0 amide bonds. The first-order chi connectivity index (χ1) is 21.6. The van der Waals surface area contributed by atoms with Crippen LogP contribution >= 0.6 is 0 Å². The van der Waals surface area contributed by atoms with Crippen molar-refractivity contribution < 1.29 is 28.9 Å². The first-order valence-electron chi connectivity index (χ1n) is 14.8. The summed E-state index contributed by atoms with van der Waals surface area (Å²) in [6, 6.07) is 42.8. The second kappa shape index (κ2) is 13.0. The van der Waals surface area contributed by atoms with Gasteiger partial charge in [-0.25, -0.2) is 0 Å². The van der Waals surface area contributed by atoms with E-state index in [0.717, 1.165) is 72.3 Å². The van der Waals surface area contributed by atoms with Crippen LogP contribution in [0.5, 0.6) is 0 Å². The predicted molar refractivity (Wildman–Crippen MR) is 178 cm³/mol. The van der Waals surface area contributed by atoms with E-state index in [4.69, 9.17) is 8.83 Å². The molecule has 0 atom stereocenters. The Morgan fingerprint density at radius 2 is 1.42 bits per heavy atom. The smallest absolute Gasteiger partial charge is 0.138 e. The van der Waals surface area contributed by atoms with E-state index in [1.165, 1.54) is 5.56 Å². The van der Waals surface area contributed by atoms with Crippen LogP contribution in [0.3, 0.4) is 0 Å². The van der Waals surface area contributed by atoms with Gasteiger partial charge in [0.15, 0.2) is 0 Å². The van der Waals surface area contributed by atoms with E-state index in [0.29, 0.717) is 5.92 Å². The Labute approximate surface area is 276 Å². The summed E-state index contributed by atoms with van der Waals surface area (Å²) >= 11 is 0. The molecular formula is C40H30IrN2O2-2. The van der Waals surface area contributed by atoms with Gasteiger partial charge in [-0.2, -0.15) is 0 Å². The number of aromatic nitrogens is 2. The molecule has 0 aliphatic rings. The maximum absolute atomic E-state index is 6.37. The minimum Gasteiger partial charge on any atom is -0.500 e. The fourth-order valence-electron chi connectivity index (χ4n) is 5.53. The molecule has 45 heavy (non-hydrogen) atoms. The van der Waals surface area contributed by atoms with Crippen molar-refractivity contribution >= 4 is 32.9 Å². The number of rotatable bonds is 4. The monoisotopic (exact) mass is 763 g/mol. The number of benzene rings is 4. The molecule has 8 aromatic rings. The summed E-state index contributed by atoms with van der Waals surface area (Å²) in [6.45, 7) is 6.49. The zero-order valence-electron chi connectivity index (χ0n) is 25.2. The molecule has 5 heteroatoms. The van der Waals surface area contributed by atoms with Gasteiger partial charge in [-0.05, 0) is 42.4 Å². The van der Waals surface area contributed by atoms with Gasteiger partial charge in [0.2, 0.25) is 0 Å². The number of aryl methyl sites for hydroxylation is 1. The minimum absolute atomic E-state index is 0. The van der Waals surface area contributed by atoms with Crippen molar-refractivity contribution in [3.63, 3.8) is 0 Å². The zero-order valence-corrected chi connectivity index (χ0v) is 27.6. The number of furan rings is 2. The first-order valence-corrected chi connectivity index (χ1v) is 14.8. The third-order valence-corrected chi connectivity index (χ3v) is 7.88. The molecule has 0 saturated heterocycles. The van der Waals surface area contributed by atoms with Gasteiger partial charge in [0, 0.05) is 60.5 Å². The number of hydrogen-bond acceptors (Lipinski definition) is 4. The third kappa shape index (κ3) is 5.97. The minimum atomic E-state index is 0. The first kappa shape index (κ1) is 30.2. The quantitative estimate of drug-likeness (QED) is 0.168. The van der Waals surface area contributed by atoms with Crippen LogP contribution in [0, 0.1) is 19.1 Å². The summed E-state index contributed by atoms with van der Waals surface area (Å²) in [5.74, 6) is 1.33. The molecule has 0 spiro atoms. The van der Waals surface area contributed by atoms with Crippen LogP contribution in [-0.4, -0.2) is 9.97 Å². The molecule has 4 aromatic carbocycles. The van der Waals surface area contributed by atoms with Crippen molar-refractivity contribution in [2.24, 2.45) is 0 Å². The van der Waals surface area contributed by atoms with Crippen LogP contribution in [0.1, 0.15) is 30.9 Å². The Bertz CT molecular complexity index is 2170. The summed E-state index contributed by atoms with van der Waals surface area (Å²) in [7, 11) is 0. The maximum atomic E-state index is 6.37. The molecule has 8 rings (SSSR count). The maximum Gasteiger partial charge on any atom is 0.138 e.